The lowest BCUT2D eigenvalue weighted by Crippen LogP contribution is -2.42. The Morgan fingerprint density at radius 1 is 1.36 bits per heavy atom. The molecule has 3 rings (SSSR count). The molecule has 2 aromatic rings. The number of pyridine rings is 1. The summed E-state index contributed by atoms with van der Waals surface area (Å²) in [7, 11) is 0. The number of carboxylic acid groups (broad SMARTS) is 1. The second kappa shape index (κ2) is 5.44. The van der Waals surface area contributed by atoms with Gasteiger partial charge in [-0.15, -0.1) is 0 Å². The van der Waals surface area contributed by atoms with Crippen LogP contribution in [0.2, 0.25) is 0 Å². The number of hydrogen-bond acceptors (Lipinski definition) is 3. The highest BCUT2D eigenvalue weighted by Crippen LogP contribution is 2.21. The quantitative estimate of drug-likeness (QED) is 0.919. The normalized spacial score (nSPS) is 18.6. The van der Waals surface area contributed by atoms with E-state index in [9.17, 15) is 9.59 Å². The lowest BCUT2D eigenvalue weighted by Gasteiger charge is -2.30. The molecule has 1 aliphatic rings. The maximum Gasteiger partial charge on any atom is 0.308 e. The van der Waals surface area contributed by atoms with Gasteiger partial charge < -0.3 is 10.0 Å². The van der Waals surface area contributed by atoms with E-state index in [0.717, 1.165) is 17.6 Å². The number of piperidine rings is 1. The van der Waals surface area contributed by atoms with Gasteiger partial charge in [-0.1, -0.05) is 0 Å². The molecule has 1 N–H and O–H groups in total. The summed E-state index contributed by atoms with van der Waals surface area (Å²) in [5.41, 5.74) is 3.03. The first-order valence-corrected chi connectivity index (χ1v) is 7.45. The van der Waals surface area contributed by atoms with Gasteiger partial charge in [0.1, 0.15) is 11.3 Å². The van der Waals surface area contributed by atoms with Gasteiger partial charge in [0.2, 0.25) is 0 Å². The number of aromatic nitrogens is 2. The Morgan fingerprint density at radius 3 is 2.86 bits per heavy atom. The minimum atomic E-state index is -0.831. The Morgan fingerprint density at radius 2 is 2.14 bits per heavy atom. The highest BCUT2D eigenvalue weighted by Gasteiger charge is 2.30. The Bertz CT molecular complexity index is 750. The molecule has 1 atom stereocenters. The lowest BCUT2D eigenvalue weighted by molar-refractivity contribution is -0.143. The van der Waals surface area contributed by atoms with Crippen LogP contribution in [0.1, 0.15) is 34.6 Å². The van der Waals surface area contributed by atoms with Gasteiger partial charge in [-0.25, -0.2) is 4.98 Å². The Hall–Kier alpha value is -2.37. The zero-order valence-electron chi connectivity index (χ0n) is 12.7. The van der Waals surface area contributed by atoms with Crippen molar-refractivity contribution in [2.24, 2.45) is 5.92 Å². The molecule has 6 nitrogen and oxygen atoms in total. The molecule has 0 spiro atoms. The van der Waals surface area contributed by atoms with Crippen LogP contribution in [0.4, 0.5) is 0 Å². The van der Waals surface area contributed by atoms with Crippen LogP contribution < -0.4 is 0 Å². The molecule has 2 aromatic heterocycles. The summed E-state index contributed by atoms with van der Waals surface area (Å²) in [6.07, 6.45) is 3.19. The molecule has 0 radical (unpaired) electrons. The summed E-state index contributed by atoms with van der Waals surface area (Å²) in [5.74, 6) is -1.44. The monoisotopic (exact) mass is 301 g/mol. The van der Waals surface area contributed by atoms with Crippen molar-refractivity contribution in [3.8, 4) is 0 Å². The fraction of sp³-hybridized carbons (Fsp3) is 0.438. The van der Waals surface area contributed by atoms with Gasteiger partial charge in [0, 0.05) is 19.3 Å². The predicted molar refractivity (Wildman–Crippen MR) is 80.9 cm³/mol. The Kier molecular flexibility index (Phi) is 3.60. The maximum atomic E-state index is 12.8. The molecular formula is C16H19N3O3. The van der Waals surface area contributed by atoms with Crippen molar-refractivity contribution in [2.75, 3.05) is 13.1 Å². The van der Waals surface area contributed by atoms with Gasteiger partial charge >= 0.3 is 5.97 Å². The van der Waals surface area contributed by atoms with Gasteiger partial charge in [0.15, 0.2) is 0 Å². The van der Waals surface area contributed by atoms with E-state index >= 15 is 0 Å². The highest BCUT2D eigenvalue weighted by molar-refractivity contribution is 5.95. The Balaban J connectivity index is 1.95. The number of rotatable bonds is 2. The number of nitrogens with zero attached hydrogens (tertiary/aromatic N) is 3. The summed E-state index contributed by atoms with van der Waals surface area (Å²) >= 11 is 0. The predicted octanol–water partition coefficient (Wildman–Crippen LogP) is 1.89. The van der Waals surface area contributed by atoms with E-state index < -0.39 is 11.9 Å². The number of carbonyl (C=O) groups is 2. The molecule has 0 saturated carbocycles. The second-order valence-electron chi connectivity index (χ2n) is 5.91. The van der Waals surface area contributed by atoms with Crippen molar-refractivity contribution in [1.29, 1.82) is 0 Å². The van der Waals surface area contributed by atoms with E-state index in [2.05, 4.69) is 4.98 Å². The average Bonchev–Trinajstić information content (AvgIpc) is 2.81. The van der Waals surface area contributed by atoms with E-state index in [1.165, 1.54) is 0 Å². The number of aliphatic carboxylic acids is 1. The molecule has 1 unspecified atom stereocenters. The van der Waals surface area contributed by atoms with Crippen molar-refractivity contribution >= 4 is 17.5 Å². The molecule has 0 aromatic carbocycles. The molecule has 1 aliphatic heterocycles. The van der Waals surface area contributed by atoms with Crippen molar-refractivity contribution in [3.05, 3.63) is 35.3 Å². The van der Waals surface area contributed by atoms with Gasteiger partial charge in [0.05, 0.1) is 11.6 Å². The lowest BCUT2D eigenvalue weighted by atomic mass is 9.98. The topological polar surface area (TPSA) is 74.9 Å². The first-order chi connectivity index (χ1) is 10.5. The molecule has 1 saturated heterocycles. The third-order valence-electron chi connectivity index (χ3n) is 4.22. The number of amides is 1. The van der Waals surface area contributed by atoms with Crippen molar-refractivity contribution < 1.29 is 14.7 Å². The average molecular weight is 301 g/mol. The van der Waals surface area contributed by atoms with E-state index in [1.807, 2.05) is 32.2 Å². The number of imidazole rings is 1. The van der Waals surface area contributed by atoms with E-state index in [-0.39, 0.29) is 12.5 Å². The fourth-order valence-electron chi connectivity index (χ4n) is 3.03. The summed E-state index contributed by atoms with van der Waals surface area (Å²) in [5, 5.41) is 9.17. The standard InChI is InChI=1S/C16H19N3O3/c1-10-5-7-19-13(8-10)17-11(2)14(19)15(20)18-6-3-4-12(9-18)16(21)22/h5,7-8,12H,3-4,6,9H2,1-2H3,(H,21,22). The van der Waals surface area contributed by atoms with E-state index in [4.69, 9.17) is 5.11 Å². The molecule has 116 valence electrons. The fourth-order valence-corrected chi connectivity index (χ4v) is 3.03. The third kappa shape index (κ3) is 2.45. The number of hydrogen-bond donors (Lipinski definition) is 1. The van der Waals surface area contributed by atoms with Crippen LogP contribution in [0.3, 0.4) is 0 Å². The van der Waals surface area contributed by atoms with Crippen molar-refractivity contribution in [2.45, 2.75) is 26.7 Å². The smallest absolute Gasteiger partial charge is 0.308 e. The molecular weight excluding hydrogens is 282 g/mol. The van der Waals surface area contributed by atoms with Gasteiger partial charge in [0.25, 0.3) is 5.91 Å². The van der Waals surface area contributed by atoms with E-state index in [0.29, 0.717) is 24.4 Å². The minimum absolute atomic E-state index is 0.139. The molecule has 1 amide bonds. The summed E-state index contributed by atoms with van der Waals surface area (Å²) < 4.78 is 1.79. The zero-order valence-corrected chi connectivity index (χ0v) is 12.7. The van der Waals surface area contributed by atoms with Gasteiger partial charge in [-0.3, -0.25) is 14.0 Å². The maximum absolute atomic E-state index is 12.8. The summed E-state index contributed by atoms with van der Waals surface area (Å²) in [6, 6.07) is 3.86. The molecule has 1 fully saturated rings. The number of carboxylic acids is 1. The number of aryl methyl sites for hydroxylation is 2. The first-order valence-electron chi connectivity index (χ1n) is 7.45. The minimum Gasteiger partial charge on any atom is -0.481 e. The molecule has 22 heavy (non-hydrogen) atoms. The molecule has 0 aliphatic carbocycles. The van der Waals surface area contributed by atoms with Crippen LogP contribution in [0, 0.1) is 19.8 Å². The molecule has 0 bridgehead atoms. The van der Waals surface area contributed by atoms with Crippen LogP contribution in [0.15, 0.2) is 18.3 Å². The number of carbonyl (C=O) groups excluding carboxylic acids is 1. The second-order valence-corrected chi connectivity index (χ2v) is 5.91. The van der Waals surface area contributed by atoms with Crippen LogP contribution in [-0.4, -0.2) is 44.4 Å². The Labute approximate surface area is 128 Å². The van der Waals surface area contributed by atoms with Crippen molar-refractivity contribution in [1.82, 2.24) is 14.3 Å². The van der Waals surface area contributed by atoms with Gasteiger partial charge in [-0.05, 0) is 44.4 Å². The summed E-state index contributed by atoms with van der Waals surface area (Å²) in [4.78, 5) is 30.1. The van der Waals surface area contributed by atoms with Crippen LogP contribution in [0.25, 0.3) is 5.65 Å². The van der Waals surface area contributed by atoms with Crippen LogP contribution >= 0.6 is 0 Å². The number of likely N-dealkylation sites (tertiary alicyclic amines) is 1. The third-order valence-corrected chi connectivity index (χ3v) is 4.22. The van der Waals surface area contributed by atoms with Crippen LogP contribution in [0.5, 0.6) is 0 Å². The van der Waals surface area contributed by atoms with Gasteiger partial charge in [-0.2, -0.15) is 0 Å². The summed E-state index contributed by atoms with van der Waals surface area (Å²) in [6.45, 7) is 4.66. The first kappa shape index (κ1) is 14.6. The van der Waals surface area contributed by atoms with Crippen molar-refractivity contribution in [3.63, 3.8) is 0 Å². The molecule has 3 heterocycles. The number of fused-ring (bicyclic) bond motifs is 1. The molecule has 6 heteroatoms. The zero-order chi connectivity index (χ0) is 15.9. The highest BCUT2D eigenvalue weighted by atomic mass is 16.4. The largest absolute Gasteiger partial charge is 0.481 e. The van der Waals surface area contributed by atoms with E-state index in [1.54, 1.807) is 9.30 Å². The SMILES string of the molecule is Cc1ccn2c(C(=O)N3CCCC(C(=O)O)C3)c(C)nc2c1. The van der Waals surface area contributed by atoms with Crippen LogP contribution in [-0.2, 0) is 4.79 Å².